The van der Waals surface area contributed by atoms with Crippen molar-refractivity contribution in [3.05, 3.63) is 18.6 Å². The molecule has 0 bridgehead atoms. The number of aliphatic hydroxyl groups is 2. The van der Waals surface area contributed by atoms with Crippen LogP contribution in [0.1, 0.15) is 19.8 Å². The molecule has 1 radical (unpaired) electrons. The van der Waals surface area contributed by atoms with Crippen LogP contribution in [0.4, 0.5) is 0 Å². The van der Waals surface area contributed by atoms with Crippen molar-refractivity contribution in [3.8, 4) is 0 Å². The average molecular weight is 187 g/mol. The number of hydrogen-bond donors (Lipinski definition) is 2. The Hall–Kier alpha value is -0.380. The second-order valence-electron chi connectivity index (χ2n) is 3.02. The molecule has 0 heterocycles. The molecular weight excluding hydrogens is 168 g/mol. The molecule has 0 amide bonds. The molecular formula is C10H19O3. The van der Waals surface area contributed by atoms with Gasteiger partial charge in [-0.3, -0.25) is 0 Å². The molecule has 0 aromatic rings. The summed E-state index contributed by atoms with van der Waals surface area (Å²) < 4.78 is 5.09. The largest absolute Gasteiger partial charge is 0.396 e. The van der Waals surface area contributed by atoms with Crippen molar-refractivity contribution in [1.82, 2.24) is 0 Å². The third-order valence-electron chi connectivity index (χ3n) is 1.81. The molecule has 0 aromatic heterocycles. The Balaban J connectivity index is 3.43. The second kappa shape index (κ2) is 8.23. The fraction of sp³-hybridized carbons (Fsp3) is 0.700. The van der Waals surface area contributed by atoms with E-state index in [0.717, 1.165) is 12.3 Å². The van der Waals surface area contributed by atoms with Crippen LogP contribution in [0.25, 0.3) is 0 Å². The van der Waals surface area contributed by atoms with Gasteiger partial charge in [0.25, 0.3) is 0 Å². The Bertz CT molecular complexity index is 125. The highest BCUT2D eigenvalue weighted by Gasteiger charge is 2.13. The Morgan fingerprint density at radius 2 is 2.31 bits per heavy atom. The summed E-state index contributed by atoms with van der Waals surface area (Å²) in [4.78, 5) is 0. The molecule has 0 aliphatic carbocycles. The molecule has 1 unspecified atom stereocenters. The van der Waals surface area contributed by atoms with Gasteiger partial charge in [0.05, 0.1) is 19.3 Å². The Labute approximate surface area is 80.0 Å². The first-order valence-corrected chi connectivity index (χ1v) is 4.52. The van der Waals surface area contributed by atoms with E-state index in [1.165, 1.54) is 0 Å². The Morgan fingerprint density at radius 1 is 1.62 bits per heavy atom. The van der Waals surface area contributed by atoms with E-state index in [9.17, 15) is 5.11 Å². The lowest BCUT2D eigenvalue weighted by Gasteiger charge is -2.17. The molecule has 2 N–H and O–H groups in total. The van der Waals surface area contributed by atoms with Crippen molar-refractivity contribution in [2.75, 3.05) is 19.8 Å². The maximum absolute atomic E-state index is 9.49. The van der Waals surface area contributed by atoms with Crippen LogP contribution >= 0.6 is 0 Å². The van der Waals surface area contributed by atoms with E-state index in [4.69, 9.17) is 9.84 Å². The summed E-state index contributed by atoms with van der Waals surface area (Å²) in [5, 5.41) is 18.1. The van der Waals surface area contributed by atoms with Crippen LogP contribution in [0.3, 0.4) is 0 Å². The first-order chi connectivity index (χ1) is 6.22. The van der Waals surface area contributed by atoms with Gasteiger partial charge in [-0.05, 0) is 12.8 Å². The highest BCUT2D eigenvalue weighted by molar-refractivity contribution is 4.92. The van der Waals surface area contributed by atoms with Gasteiger partial charge in [-0.2, -0.15) is 0 Å². The molecule has 3 heteroatoms. The number of hydrogen-bond acceptors (Lipinski definition) is 3. The van der Waals surface area contributed by atoms with Gasteiger partial charge in [0.2, 0.25) is 0 Å². The molecule has 77 valence electrons. The minimum Gasteiger partial charge on any atom is -0.396 e. The van der Waals surface area contributed by atoms with E-state index in [-0.39, 0.29) is 6.61 Å². The van der Waals surface area contributed by atoms with Crippen LogP contribution in [0.15, 0.2) is 12.7 Å². The van der Waals surface area contributed by atoms with Gasteiger partial charge < -0.3 is 14.9 Å². The lowest BCUT2D eigenvalue weighted by Crippen LogP contribution is -2.22. The second-order valence-corrected chi connectivity index (χ2v) is 3.02. The van der Waals surface area contributed by atoms with Crippen LogP contribution in [0.5, 0.6) is 0 Å². The summed E-state index contributed by atoms with van der Waals surface area (Å²) >= 11 is 0. The van der Waals surface area contributed by atoms with Gasteiger partial charge in [0.1, 0.15) is 0 Å². The van der Waals surface area contributed by atoms with Crippen molar-refractivity contribution < 1.29 is 14.9 Å². The summed E-state index contributed by atoms with van der Waals surface area (Å²) in [6, 6.07) is 0. The molecule has 1 atom stereocenters. The smallest absolute Gasteiger partial charge is 0.0833 e. The summed E-state index contributed by atoms with van der Waals surface area (Å²) in [7, 11) is 0. The zero-order chi connectivity index (χ0) is 10.1. The molecule has 0 aromatic carbocycles. The molecule has 3 nitrogen and oxygen atoms in total. The quantitative estimate of drug-likeness (QED) is 0.439. The van der Waals surface area contributed by atoms with Crippen molar-refractivity contribution in [2.24, 2.45) is 0 Å². The van der Waals surface area contributed by atoms with Crippen molar-refractivity contribution >= 4 is 0 Å². The Kier molecular flexibility index (Phi) is 7.99. The maximum Gasteiger partial charge on any atom is 0.0833 e. The topological polar surface area (TPSA) is 49.7 Å². The molecule has 0 rings (SSSR count). The number of aliphatic hydroxyl groups excluding tert-OH is 2. The van der Waals surface area contributed by atoms with E-state index < -0.39 is 6.10 Å². The van der Waals surface area contributed by atoms with Crippen molar-refractivity contribution in [3.63, 3.8) is 0 Å². The number of ether oxygens (including phenoxy) is 1. The first kappa shape index (κ1) is 12.6. The van der Waals surface area contributed by atoms with E-state index in [0.29, 0.717) is 19.6 Å². The summed E-state index contributed by atoms with van der Waals surface area (Å²) in [6.45, 7) is 6.31. The highest BCUT2D eigenvalue weighted by Crippen LogP contribution is 2.13. The van der Waals surface area contributed by atoms with Gasteiger partial charge in [-0.1, -0.05) is 13.0 Å². The normalized spacial score (nSPS) is 13.2. The van der Waals surface area contributed by atoms with Gasteiger partial charge in [-0.25, -0.2) is 0 Å². The molecule has 0 aliphatic rings. The molecule has 13 heavy (non-hydrogen) atoms. The van der Waals surface area contributed by atoms with Crippen molar-refractivity contribution in [1.29, 1.82) is 0 Å². The molecule has 0 saturated carbocycles. The average Bonchev–Trinajstić information content (AvgIpc) is 2.14. The number of rotatable bonds is 8. The first-order valence-electron chi connectivity index (χ1n) is 4.52. The summed E-state index contributed by atoms with van der Waals surface area (Å²) in [6.07, 6.45) is 2.57. The zero-order valence-electron chi connectivity index (χ0n) is 8.20. The Morgan fingerprint density at radius 3 is 2.85 bits per heavy atom. The van der Waals surface area contributed by atoms with Gasteiger partial charge in [0, 0.05) is 12.5 Å². The van der Waals surface area contributed by atoms with Crippen LogP contribution in [-0.2, 0) is 4.74 Å². The predicted octanol–water partition coefficient (Wildman–Crippen LogP) is 0.917. The molecule has 0 spiro atoms. The van der Waals surface area contributed by atoms with Crippen LogP contribution in [0, 0.1) is 5.92 Å². The third-order valence-corrected chi connectivity index (χ3v) is 1.81. The third kappa shape index (κ3) is 6.75. The van der Waals surface area contributed by atoms with Crippen LogP contribution < -0.4 is 0 Å². The molecule has 0 fully saturated rings. The lowest BCUT2D eigenvalue weighted by atomic mass is 10.00. The zero-order valence-corrected chi connectivity index (χ0v) is 8.20. The molecule has 0 saturated heterocycles. The fourth-order valence-corrected chi connectivity index (χ4v) is 0.930. The van der Waals surface area contributed by atoms with E-state index in [1.807, 2.05) is 6.92 Å². The molecule has 0 aliphatic heterocycles. The lowest BCUT2D eigenvalue weighted by molar-refractivity contribution is 0.0544. The monoisotopic (exact) mass is 187 g/mol. The van der Waals surface area contributed by atoms with Gasteiger partial charge in [-0.15, -0.1) is 6.58 Å². The summed E-state index contributed by atoms with van der Waals surface area (Å²) in [5.74, 6) is 0.957. The SMILES string of the molecule is C=CCOCC(O)[C](C)CCCO. The summed E-state index contributed by atoms with van der Waals surface area (Å²) in [5.41, 5.74) is 0. The van der Waals surface area contributed by atoms with Crippen molar-refractivity contribution in [2.45, 2.75) is 25.9 Å². The van der Waals surface area contributed by atoms with E-state index >= 15 is 0 Å². The van der Waals surface area contributed by atoms with Gasteiger partial charge in [0.15, 0.2) is 0 Å². The van der Waals surface area contributed by atoms with Crippen LogP contribution in [-0.4, -0.2) is 36.1 Å². The standard InChI is InChI=1S/C10H19O3/c1-3-7-13-8-10(12)9(2)5-4-6-11/h3,10-12H,1,4-8H2,2H3. The highest BCUT2D eigenvalue weighted by atomic mass is 16.5. The van der Waals surface area contributed by atoms with Crippen LogP contribution in [0.2, 0.25) is 0 Å². The van der Waals surface area contributed by atoms with Gasteiger partial charge >= 0.3 is 0 Å². The minimum absolute atomic E-state index is 0.164. The maximum atomic E-state index is 9.49. The minimum atomic E-state index is -0.522. The predicted molar refractivity (Wildman–Crippen MR) is 52.3 cm³/mol. The van der Waals surface area contributed by atoms with E-state index in [1.54, 1.807) is 6.08 Å². The van der Waals surface area contributed by atoms with E-state index in [2.05, 4.69) is 6.58 Å². The fourth-order valence-electron chi connectivity index (χ4n) is 0.930.